The van der Waals surface area contributed by atoms with E-state index in [1.54, 1.807) is 54.4 Å². The molecule has 1 spiro atoms. The van der Waals surface area contributed by atoms with Gasteiger partial charge < -0.3 is 15.4 Å². The molecule has 0 saturated carbocycles. The zero-order chi connectivity index (χ0) is 24.4. The van der Waals surface area contributed by atoms with Crippen molar-refractivity contribution in [1.82, 2.24) is 0 Å². The molecule has 0 aromatic heterocycles. The van der Waals surface area contributed by atoms with E-state index >= 15 is 0 Å². The van der Waals surface area contributed by atoms with Crippen LogP contribution in [0.25, 0.3) is 0 Å². The molecule has 0 fully saturated rings. The summed E-state index contributed by atoms with van der Waals surface area (Å²) in [5.74, 6) is -1.49. The molecule has 2 aliphatic heterocycles. The van der Waals surface area contributed by atoms with E-state index in [-0.39, 0.29) is 29.2 Å². The molecule has 2 aromatic rings. The van der Waals surface area contributed by atoms with Gasteiger partial charge in [0.05, 0.1) is 17.8 Å². The molecule has 0 bridgehead atoms. The molecule has 0 saturated heterocycles. The number of hydrogen-bond donors (Lipinski definition) is 1. The number of para-hydroxylation sites is 1. The number of halogens is 2. The van der Waals surface area contributed by atoms with Crippen LogP contribution in [-0.2, 0) is 24.5 Å². The third-order valence-electron chi connectivity index (χ3n) is 6.74. The molecule has 1 atom stereocenters. The minimum absolute atomic E-state index is 0.0251. The summed E-state index contributed by atoms with van der Waals surface area (Å²) < 4.78 is 5.13. The van der Waals surface area contributed by atoms with Crippen molar-refractivity contribution in [3.63, 3.8) is 0 Å². The molecule has 2 heterocycles. The Morgan fingerprint density at radius 2 is 1.82 bits per heavy atom. The maximum atomic E-state index is 14.1. The Labute approximate surface area is 206 Å². The predicted molar refractivity (Wildman–Crippen MR) is 130 cm³/mol. The molecule has 3 aliphatic rings. The van der Waals surface area contributed by atoms with Gasteiger partial charge in [0.15, 0.2) is 5.78 Å². The number of methoxy groups -OCH3 is 1. The second kappa shape index (κ2) is 7.89. The van der Waals surface area contributed by atoms with Gasteiger partial charge in [0, 0.05) is 41.0 Å². The van der Waals surface area contributed by atoms with Crippen molar-refractivity contribution < 1.29 is 19.1 Å². The van der Waals surface area contributed by atoms with Gasteiger partial charge in [-0.1, -0.05) is 41.4 Å². The van der Waals surface area contributed by atoms with Crippen LogP contribution >= 0.6 is 23.2 Å². The Bertz CT molecular complexity index is 1350. The molecule has 1 unspecified atom stereocenters. The Balaban J connectivity index is 1.95. The highest BCUT2D eigenvalue weighted by atomic mass is 35.5. The number of anilines is 2. The summed E-state index contributed by atoms with van der Waals surface area (Å²) in [5, 5.41) is 0.728. The molecule has 5 rings (SSSR count). The van der Waals surface area contributed by atoms with Gasteiger partial charge in [0.1, 0.15) is 16.8 Å². The highest BCUT2D eigenvalue weighted by molar-refractivity contribution is 6.35. The van der Waals surface area contributed by atoms with Gasteiger partial charge in [-0.3, -0.25) is 14.5 Å². The second-order valence-electron chi connectivity index (χ2n) is 8.41. The van der Waals surface area contributed by atoms with E-state index in [1.165, 1.54) is 12.0 Å². The molecule has 1 amide bonds. The van der Waals surface area contributed by atoms with Crippen LogP contribution in [0.1, 0.15) is 24.8 Å². The third-order valence-corrected chi connectivity index (χ3v) is 7.29. The van der Waals surface area contributed by atoms with Crippen LogP contribution < -0.4 is 15.5 Å². The number of amides is 1. The minimum Gasteiger partial charge on any atom is -0.466 e. The monoisotopic (exact) mass is 497 g/mol. The van der Waals surface area contributed by atoms with Crippen LogP contribution in [0.15, 0.2) is 65.1 Å². The number of nitrogens with two attached hydrogens (primary N) is 1. The normalized spacial score (nSPS) is 21.9. The van der Waals surface area contributed by atoms with Gasteiger partial charge >= 0.3 is 5.97 Å². The number of allylic oxidation sites excluding steroid dienone is 1. The van der Waals surface area contributed by atoms with E-state index in [1.807, 2.05) is 0 Å². The Kier molecular flexibility index (Phi) is 5.22. The number of ketones is 1. The lowest BCUT2D eigenvalue weighted by atomic mass is 9.63. The molecular weight excluding hydrogens is 477 g/mol. The van der Waals surface area contributed by atoms with Gasteiger partial charge in [0.2, 0.25) is 5.91 Å². The molecule has 174 valence electrons. The zero-order valence-corrected chi connectivity index (χ0v) is 20.0. The minimum atomic E-state index is -1.71. The molecule has 34 heavy (non-hydrogen) atoms. The van der Waals surface area contributed by atoms with Crippen LogP contribution in [0.3, 0.4) is 0 Å². The largest absolute Gasteiger partial charge is 0.466 e. The molecule has 1 aliphatic carbocycles. The number of ether oxygens (including phenoxy) is 1. The van der Waals surface area contributed by atoms with Gasteiger partial charge in [-0.2, -0.15) is 0 Å². The average Bonchev–Trinajstić information content (AvgIpc) is 3.04. The van der Waals surface area contributed by atoms with E-state index in [9.17, 15) is 14.4 Å². The summed E-state index contributed by atoms with van der Waals surface area (Å²) in [6.45, 7) is 0. The number of Topliss-reactive ketones (excluding diaryl/α,β-unsaturated/α-hetero) is 1. The number of benzene rings is 2. The average molecular weight is 498 g/mol. The van der Waals surface area contributed by atoms with Gasteiger partial charge in [-0.15, -0.1) is 0 Å². The van der Waals surface area contributed by atoms with Crippen LogP contribution in [0.5, 0.6) is 0 Å². The summed E-state index contributed by atoms with van der Waals surface area (Å²) in [4.78, 5) is 44.1. The zero-order valence-electron chi connectivity index (χ0n) is 18.5. The highest BCUT2D eigenvalue weighted by Crippen LogP contribution is 2.57. The lowest BCUT2D eigenvalue weighted by molar-refractivity contribution is -0.138. The summed E-state index contributed by atoms with van der Waals surface area (Å²) >= 11 is 12.8. The quantitative estimate of drug-likeness (QED) is 0.628. The topological polar surface area (TPSA) is 92.9 Å². The lowest BCUT2D eigenvalue weighted by Gasteiger charge is -2.44. The fourth-order valence-electron chi connectivity index (χ4n) is 5.39. The van der Waals surface area contributed by atoms with Crippen LogP contribution in [0, 0.1) is 0 Å². The van der Waals surface area contributed by atoms with Gasteiger partial charge in [-0.05, 0) is 37.1 Å². The van der Waals surface area contributed by atoms with E-state index in [0.717, 1.165) is 0 Å². The van der Waals surface area contributed by atoms with Crippen molar-refractivity contribution in [3.8, 4) is 0 Å². The number of esters is 1. The molecular formula is C25H21Cl2N3O4. The van der Waals surface area contributed by atoms with Crippen LogP contribution in [-0.4, -0.2) is 31.8 Å². The van der Waals surface area contributed by atoms with E-state index in [4.69, 9.17) is 33.7 Å². The van der Waals surface area contributed by atoms with Crippen molar-refractivity contribution in [2.45, 2.75) is 24.7 Å². The number of carbonyl (C=O) groups is 3. The summed E-state index contributed by atoms with van der Waals surface area (Å²) in [6, 6.07) is 12.0. The maximum absolute atomic E-state index is 14.1. The molecule has 0 radical (unpaired) electrons. The lowest BCUT2D eigenvalue weighted by Crippen LogP contribution is -2.54. The van der Waals surface area contributed by atoms with E-state index in [0.29, 0.717) is 45.5 Å². The van der Waals surface area contributed by atoms with Crippen molar-refractivity contribution in [3.05, 3.63) is 80.7 Å². The summed E-state index contributed by atoms with van der Waals surface area (Å²) in [7, 11) is 2.84. The van der Waals surface area contributed by atoms with E-state index < -0.39 is 17.3 Å². The Hall–Kier alpha value is -3.29. The number of hydrogen-bond acceptors (Lipinski definition) is 6. The number of likely N-dealkylation sites (N-methyl/N-ethyl adjacent to an activating group) is 1. The number of carbonyl (C=O) groups excluding carboxylic acids is 3. The van der Waals surface area contributed by atoms with Gasteiger partial charge in [-0.25, -0.2) is 4.79 Å². The smallest absolute Gasteiger partial charge is 0.339 e. The first-order valence-corrected chi connectivity index (χ1v) is 11.5. The Morgan fingerprint density at radius 3 is 2.56 bits per heavy atom. The van der Waals surface area contributed by atoms with Crippen molar-refractivity contribution in [2.75, 3.05) is 24.0 Å². The maximum Gasteiger partial charge on any atom is 0.339 e. The fourth-order valence-corrected chi connectivity index (χ4v) is 5.75. The number of nitrogens with zero attached hydrogens (tertiary/aromatic N) is 2. The van der Waals surface area contributed by atoms with E-state index in [2.05, 4.69) is 0 Å². The van der Waals surface area contributed by atoms with Crippen LogP contribution in [0.4, 0.5) is 11.4 Å². The number of fused-ring (bicyclic) bond motifs is 3. The molecule has 2 N–H and O–H groups in total. The number of rotatable bonds is 2. The SMILES string of the molecule is COC(=O)C1=C(N)N(c2cc(Cl)ccc2Cl)C2=C(C(=O)CCC2)C12C(=O)N(C)c1ccccc12. The Morgan fingerprint density at radius 1 is 1.09 bits per heavy atom. The standard InChI is InChI=1S/C25H21Cl2N3O4/c1-29-16-7-4-3-6-14(16)25(24(29)33)20-17(8-5-9-19(20)31)30(22(28)21(25)23(32)34-2)18-12-13(26)10-11-15(18)27/h3-4,6-7,10-12H,5,8-9,28H2,1-2H3. The second-order valence-corrected chi connectivity index (χ2v) is 9.26. The van der Waals surface area contributed by atoms with Crippen molar-refractivity contribution in [1.29, 1.82) is 0 Å². The molecule has 9 heteroatoms. The molecule has 2 aromatic carbocycles. The first kappa shape index (κ1) is 22.5. The fraction of sp³-hybridized carbons (Fsp3) is 0.240. The van der Waals surface area contributed by atoms with Crippen molar-refractivity contribution in [2.24, 2.45) is 5.73 Å². The molecule has 7 nitrogen and oxygen atoms in total. The summed E-state index contributed by atoms with van der Waals surface area (Å²) in [5.41, 5.74) is 7.18. The van der Waals surface area contributed by atoms with Gasteiger partial charge in [0.25, 0.3) is 0 Å². The predicted octanol–water partition coefficient (Wildman–Crippen LogP) is 4.08. The first-order valence-electron chi connectivity index (χ1n) is 10.7. The summed E-state index contributed by atoms with van der Waals surface area (Å²) in [6.07, 6.45) is 1.26. The van der Waals surface area contributed by atoms with Crippen LogP contribution in [0.2, 0.25) is 10.0 Å². The third kappa shape index (κ3) is 2.80. The van der Waals surface area contributed by atoms with Crippen molar-refractivity contribution >= 4 is 52.2 Å². The highest BCUT2D eigenvalue weighted by Gasteiger charge is 2.63. The first-order chi connectivity index (χ1) is 16.2.